The van der Waals surface area contributed by atoms with Gasteiger partial charge >= 0.3 is 10.2 Å². The molecule has 8 rings (SSSR count). The number of benzene rings is 1. The SMILES string of the molecule is COc1ccc(C2CCCCC2)c2c1cc1n2CC2=C(C(=O)NS(=O)(=O)N(C)C)C2=C2C=CC[C@@H](C(=O)N3C4CNCC3CN(C)C4)C21. The molecule has 48 heavy (non-hydrogen) atoms. The topological polar surface area (TPSA) is 116 Å². The largest absolute Gasteiger partial charge is 0.496 e. The van der Waals surface area contributed by atoms with Crippen LogP contribution in [0.5, 0.6) is 5.75 Å². The van der Waals surface area contributed by atoms with Crippen LogP contribution in [-0.2, 0) is 26.3 Å². The van der Waals surface area contributed by atoms with E-state index in [4.69, 9.17) is 4.74 Å². The molecule has 3 aliphatic heterocycles. The van der Waals surface area contributed by atoms with Crippen LogP contribution in [0.2, 0.25) is 0 Å². The van der Waals surface area contributed by atoms with Crippen LogP contribution in [0.25, 0.3) is 10.9 Å². The Morgan fingerprint density at radius 1 is 1.06 bits per heavy atom. The molecule has 3 aliphatic carbocycles. The summed E-state index contributed by atoms with van der Waals surface area (Å²) in [7, 11) is 2.65. The summed E-state index contributed by atoms with van der Waals surface area (Å²) in [5.74, 6) is 0.106. The molecule has 4 atom stereocenters. The normalized spacial score (nSPS) is 27.5. The molecule has 1 aromatic carbocycles. The van der Waals surface area contributed by atoms with Gasteiger partial charge in [0, 0.05) is 63.8 Å². The number of nitrogens with zero attached hydrogens (tertiary/aromatic N) is 4. The number of carbonyl (C=O) groups is 2. The van der Waals surface area contributed by atoms with Gasteiger partial charge in [-0.05, 0) is 66.6 Å². The average molecular weight is 675 g/mol. The Hall–Kier alpha value is -3.45. The van der Waals surface area contributed by atoms with Crippen molar-refractivity contribution in [3.63, 3.8) is 0 Å². The van der Waals surface area contributed by atoms with Gasteiger partial charge in [0.05, 0.1) is 36.2 Å². The monoisotopic (exact) mass is 674 g/mol. The first-order valence-electron chi connectivity index (χ1n) is 17.4. The molecule has 256 valence electrons. The molecule has 4 heterocycles. The van der Waals surface area contributed by atoms with Gasteiger partial charge in [-0.15, -0.1) is 0 Å². The lowest BCUT2D eigenvalue weighted by atomic mass is 9.75. The highest BCUT2D eigenvalue weighted by molar-refractivity contribution is 7.87. The van der Waals surface area contributed by atoms with Gasteiger partial charge in [0.1, 0.15) is 5.75 Å². The van der Waals surface area contributed by atoms with Crippen LogP contribution in [-0.4, -0.2) is 105 Å². The molecular formula is C36H46N6O5S. The van der Waals surface area contributed by atoms with Crippen molar-refractivity contribution in [3.05, 3.63) is 63.9 Å². The fraction of sp³-hybridized carbons (Fsp3) is 0.556. The molecule has 1 saturated carbocycles. The Morgan fingerprint density at radius 2 is 1.79 bits per heavy atom. The second kappa shape index (κ2) is 11.9. The van der Waals surface area contributed by atoms with Crippen LogP contribution < -0.4 is 14.8 Å². The van der Waals surface area contributed by atoms with Crippen molar-refractivity contribution in [1.29, 1.82) is 0 Å². The lowest BCUT2D eigenvalue weighted by Crippen LogP contribution is -2.69. The van der Waals surface area contributed by atoms with E-state index in [0.29, 0.717) is 24.5 Å². The maximum atomic E-state index is 14.9. The van der Waals surface area contributed by atoms with Gasteiger partial charge in [0.25, 0.3) is 5.91 Å². The molecule has 3 fully saturated rings. The second-order valence-corrected chi connectivity index (χ2v) is 16.6. The zero-order valence-electron chi connectivity index (χ0n) is 28.3. The molecule has 6 aliphatic rings. The molecule has 12 heteroatoms. The molecular weight excluding hydrogens is 628 g/mol. The highest BCUT2D eigenvalue weighted by Gasteiger charge is 2.50. The van der Waals surface area contributed by atoms with E-state index in [-0.39, 0.29) is 29.8 Å². The van der Waals surface area contributed by atoms with E-state index < -0.39 is 16.1 Å². The van der Waals surface area contributed by atoms with Crippen molar-refractivity contribution >= 4 is 32.9 Å². The van der Waals surface area contributed by atoms with Gasteiger partial charge in [0.15, 0.2) is 0 Å². The number of hydrogen-bond donors (Lipinski definition) is 2. The molecule has 3 unspecified atom stereocenters. The Balaban J connectivity index is 1.30. The van der Waals surface area contributed by atoms with Crippen molar-refractivity contribution < 1.29 is 22.7 Å². The molecule has 2 N–H and O–H groups in total. The van der Waals surface area contributed by atoms with Crippen molar-refractivity contribution in [2.75, 3.05) is 54.4 Å². The van der Waals surface area contributed by atoms with Gasteiger partial charge in [-0.2, -0.15) is 12.7 Å². The number of carbonyl (C=O) groups excluding carboxylic acids is 2. The maximum Gasteiger partial charge on any atom is 0.303 e. The minimum atomic E-state index is -3.99. The van der Waals surface area contributed by atoms with E-state index in [2.05, 4.69) is 61.8 Å². The van der Waals surface area contributed by atoms with E-state index in [1.807, 2.05) is 0 Å². The quantitative estimate of drug-likeness (QED) is 0.484. The number of aromatic nitrogens is 1. The number of ether oxygens (including phenoxy) is 1. The van der Waals surface area contributed by atoms with Crippen LogP contribution in [0.15, 0.2) is 52.6 Å². The Kier molecular flexibility index (Phi) is 7.85. The van der Waals surface area contributed by atoms with Crippen molar-refractivity contribution in [1.82, 2.24) is 28.7 Å². The Bertz CT molecular complexity index is 1890. The summed E-state index contributed by atoms with van der Waals surface area (Å²) in [6, 6.07) is 6.72. The van der Waals surface area contributed by atoms with Crippen molar-refractivity contribution in [2.45, 2.75) is 69.0 Å². The first-order valence-corrected chi connectivity index (χ1v) is 18.8. The minimum Gasteiger partial charge on any atom is -0.496 e. The third-order valence-electron chi connectivity index (χ3n) is 11.6. The summed E-state index contributed by atoms with van der Waals surface area (Å²) in [5.41, 5.74) is 6.46. The van der Waals surface area contributed by atoms with E-state index in [0.717, 1.165) is 82.4 Å². The fourth-order valence-electron chi connectivity index (χ4n) is 9.33. The number of methoxy groups -OCH3 is 1. The van der Waals surface area contributed by atoms with E-state index >= 15 is 0 Å². The predicted octanol–water partition coefficient (Wildman–Crippen LogP) is 3.01. The molecule has 11 nitrogen and oxygen atoms in total. The van der Waals surface area contributed by atoms with Gasteiger partial charge in [-0.25, -0.2) is 4.72 Å². The van der Waals surface area contributed by atoms with Crippen LogP contribution in [0.1, 0.15) is 61.6 Å². The zero-order valence-corrected chi connectivity index (χ0v) is 29.1. The molecule has 2 bridgehead atoms. The average Bonchev–Trinajstić information content (AvgIpc) is 3.69. The van der Waals surface area contributed by atoms with E-state index in [1.165, 1.54) is 38.9 Å². The number of nitrogens with one attached hydrogen (secondary N) is 2. The number of rotatable bonds is 6. The van der Waals surface area contributed by atoms with Crippen LogP contribution in [0.4, 0.5) is 0 Å². The molecule has 2 amide bonds. The first kappa shape index (κ1) is 31.8. The van der Waals surface area contributed by atoms with Crippen LogP contribution in [0.3, 0.4) is 0 Å². The van der Waals surface area contributed by atoms with Gasteiger partial charge in [-0.3, -0.25) is 9.59 Å². The lowest BCUT2D eigenvalue weighted by Gasteiger charge is -2.51. The van der Waals surface area contributed by atoms with Crippen LogP contribution in [0, 0.1) is 5.92 Å². The standard InChI is InChI=1S/C36H46N6O5S/c1-39(2)48(45,46)38-35(43)33-28-20-41-29(15-27-30(47-4)14-13-24(34(27)41)21-9-6-5-7-10-21)31-25(32(28)33)11-8-12-26(31)36(44)42-22-16-37-17-23(42)19-40(3)18-22/h8,11,13-15,21-23,26,31,37H,5-7,9-10,12,16-20H2,1-4H3,(H,38,43)/t22?,23?,26-,31?/m1/s1. The number of fused-ring (bicyclic) bond motifs is 8. The van der Waals surface area contributed by atoms with E-state index in [9.17, 15) is 18.0 Å². The molecule has 0 spiro atoms. The lowest BCUT2D eigenvalue weighted by molar-refractivity contribution is -0.146. The number of hydrogen-bond acceptors (Lipinski definition) is 7. The van der Waals surface area contributed by atoms with Gasteiger partial charge in [0.2, 0.25) is 5.91 Å². The molecule has 0 radical (unpaired) electrons. The third-order valence-corrected chi connectivity index (χ3v) is 13.0. The first-order chi connectivity index (χ1) is 23.1. The summed E-state index contributed by atoms with van der Waals surface area (Å²) < 4.78 is 37.1. The summed E-state index contributed by atoms with van der Waals surface area (Å²) in [5, 5.41) is 4.57. The summed E-state index contributed by atoms with van der Waals surface area (Å²) in [6.45, 7) is 3.63. The number of likely N-dealkylation sites (N-methyl/N-ethyl adjacent to an activating group) is 1. The molecule has 1 aromatic heterocycles. The summed E-state index contributed by atoms with van der Waals surface area (Å²) in [6.07, 6.45) is 10.6. The molecule has 2 saturated heterocycles. The van der Waals surface area contributed by atoms with Gasteiger partial charge < -0.3 is 24.4 Å². The maximum absolute atomic E-state index is 14.9. The van der Waals surface area contributed by atoms with E-state index in [1.54, 1.807) is 7.11 Å². The number of piperazine rings is 2. The van der Waals surface area contributed by atoms with Gasteiger partial charge in [-0.1, -0.05) is 37.5 Å². The molecule has 2 aromatic rings. The minimum absolute atomic E-state index is 0.0961. The van der Waals surface area contributed by atoms with Crippen LogP contribution >= 0.6 is 0 Å². The van der Waals surface area contributed by atoms with Crippen molar-refractivity contribution in [2.24, 2.45) is 5.92 Å². The third kappa shape index (κ3) is 5.05. The Morgan fingerprint density at radius 3 is 2.48 bits per heavy atom. The fourth-order valence-corrected chi connectivity index (χ4v) is 9.85. The highest BCUT2D eigenvalue weighted by Crippen LogP contribution is 2.55. The summed E-state index contributed by atoms with van der Waals surface area (Å²) >= 11 is 0. The number of allylic oxidation sites excluding steroid dienone is 4. The Labute approximate surface area is 282 Å². The van der Waals surface area contributed by atoms with Crippen molar-refractivity contribution in [3.8, 4) is 5.75 Å². The second-order valence-electron chi connectivity index (χ2n) is 14.7. The highest BCUT2D eigenvalue weighted by atomic mass is 32.2. The number of amides is 2. The predicted molar refractivity (Wildman–Crippen MR) is 184 cm³/mol. The zero-order chi connectivity index (χ0) is 33.5. The summed E-state index contributed by atoms with van der Waals surface area (Å²) in [4.78, 5) is 33.1. The smallest absolute Gasteiger partial charge is 0.303 e.